The second-order valence-corrected chi connectivity index (χ2v) is 11.3. The molecule has 0 atom stereocenters. The van der Waals surface area contributed by atoms with Crippen molar-refractivity contribution in [1.29, 1.82) is 0 Å². The first kappa shape index (κ1) is 21.0. The van der Waals surface area contributed by atoms with E-state index in [0.29, 0.717) is 0 Å². The Balaban J connectivity index is 0.000000396. The molecule has 4 nitrogen and oxygen atoms in total. The van der Waals surface area contributed by atoms with Crippen molar-refractivity contribution in [2.75, 3.05) is 60.4 Å². The van der Waals surface area contributed by atoms with Crippen LogP contribution in [0, 0.1) is 0 Å². The van der Waals surface area contributed by atoms with Crippen LogP contribution in [0.3, 0.4) is 0 Å². The van der Waals surface area contributed by atoms with Gasteiger partial charge in [-0.3, -0.25) is 0 Å². The summed E-state index contributed by atoms with van der Waals surface area (Å²) in [7, 11) is 17.7. The van der Waals surface area contributed by atoms with Crippen LogP contribution in [-0.4, -0.2) is 80.7 Å². The molecule has 1 rings (SSSR count). The third kappa shape index (κ3) is 13.9. The molecule has 0 aromatic rings. The second kappa shape index (κ2) is 10.7. The van der Waals surface area contributed by atoms with E-state index in [-0.39, 0.29) is 5.54 Å². The Morgan fingerprint density at radius 2 is 1.00 bits per heavy atom. The molecule has 0 saturated carbocycles. The molecule has 1 saturated heterocycles. The van der Waals surface area contributed by atoms with Gasteiger partial charge in [-0.15, -0.1) is 0 Å². The van der Waals surface area contributed by atoms with Gasteiger partial charge in [0.1, 0.15) is 0 Å². The van der Waals surface area contributed by atoms with Gasteiger partial charge in [0.05, 0.1) is 0 Å². The average Bonchev–Trinajstić information content (AvgIpc) is 2.33. The van der Waals surface area contributed by atoms with E-state index in [1.54, 1.807) is 0 Å². The molecule has 0 radical (unpaired) electrons. The van der Waals surface area contributed by atoms with E-state index in [1.807, 2.05) is 20.8 Å². The Hall–Kier alpha value is 0.974. The van der Waals surface area contributed by atoms with Gasteiger partial charge in [-0.05, 0) is 21.1 Å². The van der Waals surface area contributed by atoms with Crippen LogP contribution in [0.2, 0.25) is 0 Å². The number of hydrogen-bond donors (Lipinski definition) is 0. The van der Waals surface area contributed by atoms with Crippen LogP contribution in [-0.2, 0) is 15.6 Å². The maximum atomic E-state index is 5.53. The van der Waals surface area contributed by atoms with Crippen molar-refractivity contribution in [2.45, 2.75) is 26.3 Å². The zero-order valence-electron chi connectivity index (χ0n) is 13.8. The van der Waals surface area contributed by atoms with E-state index in [2.05, 4.69) is 39.3 Å². The minimum Gasteiger partial charge on any atom is -0.304 e. The van der Waals surface area contributed by atoms with Crippen LogP contribution in [0.1, 0.15) is 20.8 Å². The standard InChI is InChI=1S/C9H21N3.C4H9N.2ClH.Ti/c1-10-4-6-11(2)8-9-12(3)7-5-10;1-4(2,3)5;;;/h4-9H2,1-3H3;1-3H3;2*1H;/q;;;;+2/p-2. The topological polar surface area (TPSA) is 22.1 Å². The quantitative estimate of drug-likeness (QED) is 0.620. The van der Waals surface area contributed by atoms with E-state index >= 15 is 0 Å². The Morgan fingerprint density at radius 1 is 0.750 bits per heavy atom. The van der Waals surface area contributed by atoms with Crippen molar-refractivity contribution in [3.05, 3.63) is 0 Å². The summed E-state index contributed by atoms with van der Waals surface area (Å²) >= 11 is -1.95. The van der Waals surface area contributed by atoms with Gasteiger partial charge >= 0.3 is 63.9 Å². The second-order valence-electron chi connectivity index (χ2n) is 6.43. The van der Waals surface area contributed by atoms with Crippen LogP contribution in [0.4, 0.5) is 0 Å². The molecule has 0 amide bonds. The minimum absolute atomic E-state index is 0.0428. The van der Waals surface area contributed by atoms with Gasteiger partial charge in [0, 0.05) is 39.3 Å². The van der Waals surface area contributed by atoms with E-state index in [1.165, 1.54) is 39.3 Å². The van der Waals surface area contributed by atoms with Crippen LogP contribution < -0.4 is 0 Å². The Kier molecular flexibility index (Phi) is 11.2. The van der Waals surface area contributed by atoms with Gasteiger partial charge < -0.3 is 14.7 Å². The van der Waals surface area contributed by atoms with Crippen molar-refractivity contribution in [1.82, 2.24) is 14.7 Å². The molecule has 0 N–H and O–H groups in total. The molecular weight excluding hydrogens is 331 g/mol. The Morgan fingerprint density at radius 3 is 1.10 bits per heavy atom. The first-order chi connectivity index (χ1) is 9.10. The molecule has 0 aromatic heterocycles. The van der Waals surface area contributed by atoms with Gasteiger partial charge in [-0.1, -0.05) is 0 Å². The van der Waals surface area contributed by atoms with Crippen molar-refractivity contribution in [3.8, 4) is 0 Å². The molecular formula is C13H30Cl2N4Ti. The molecule has 1 fully saturated rings. The number of likely N-dealkylation sites (N-methyl/N-ethyl adjacent to an activating group) is 3. The smallest absolute Gasteiger partial charge is 0.0107 e. The Bertz CT molecular complexity index is 255. The van der Waals surface area contributed by atoms with Crippen LogP contribution in [0.15, 0.2) is 3.42 Å². The molecule has 0 unspecified atom stereocenters. The van der Waals surface area contributed by atoms with Gasteiger partial charge in [0.25, 0.3) is 0 Å². The van der Waals surface area contributed by atoms with Crippen molar-refractivity contribution >= 4 is 18.6 Å². The molecule has 120 valence electrons. The van der Waals surface area contributed by atoms with E-state index in [0.717, 1.165) is 0 Å². The summed E-state index contributed by atoms with van der Waals surface area (Å²) in [5, 5.41) is 0. The predicted molar refractivity (Wildman–Crippen MR) is 86.4 cm³/mol. The normalized spacial score (nSPS) is 20.2. The third-order valence-electron chi connectivity index (χ3n) is 3.01. The largest absolute Gasteiger partial charge is 0.304 e. The third-order valence-corrected chi connectivity index (χ3v) is 5.02. The summed E-state index contributed by atoms with van der Waals surface area (Å²) in [6.07, 6.45) is 0. The van der Waals surface area contributed by atoms with E-state index in [9.17, 15) is 0 Å². The fourth-order valence-corrected chi connectivity index (χ4v) is 4.50. The van der Waals surface area contributed by atoms with Gasteiger partial charge in [0.15, 0.2) is 0 Å². The van der Waals surface area contributed by atoms with E-state index < -0.39 is 15.6 Å². The summed E-state index contributed by atoms with van der Waals surface area (Å²) in [6.45, 7) is 13.2. The molecule has 0 aliphatic carbocycles. The Labute approximate surface area is 138 Å². The van der Waals surface area contributed by atoms with Gasteiger partial charge in [0.2, 0.25) is 0 Å². The average molecular weight is 361 g/mol. The SMILES string of the molecule is CC(C)(C)[N]=[Ti]([Cl])[Cl].CN1CCN(C)CCN(C)CC1. The van der Waals surface area contributed by atoms with Crippen LogP contribution >= 0.6 is 18.6 Å². The minimum atomic E-state index is -1.95. The molecule has 0 spiro atoms. The van der Waals surface area contributed by atoms with Crippen molar-refractivity contribution in [3.63, 3.8) is 0 Å². The van der Waals surface area contributed by atoms with Crippen LogP contribution in [0.25, 0.3) is 0 Å². The molecule has 0 aromatic carbocycles. The summed E-state index contributed by atoms with van der Waals surface area (Å²) in [5.41, 5.74) is -0.0428. The number of rotatable bonds is 0. The molecule has 1 heterocycles. The number of nitrogens with zero attached hydrogens (tertiary/aromatic N) is 4. The predicted octanol–water partition coefficient (Wildman–Crippen LogP) is 2.69. The molecule has 1 aliphatic rings. The monoisotopic (exact) mass is 360 g/mol. The van der Waals surface area contributed by atoms with Gasteiger partial charge in [-0.25, -0.2) is 0 Å². The first-order valence-corrected chi connectivity index (χ1v) is 12.1. The molecule has 7 heteroatoms. The molecule has 1 aliphatic heterocycles. The summed E-state index contributed by atoms with van der Waals surface area (Å²) in [4.78, 5) is 7.20. The molecule has 0 bridgehead atoms. The fourth-order valence-electron chi connectivity index (χ4n) is 1.61. The van der Waals surface area contributed by atoms with Gasteiger partial charge in [-0.2, -0.15) is 0 Å². The zero-order valence-corrected chi connectivity index (χ0v) is 16.9. The van der Waals surface area contributed by atoms with Crippen molar-refractivity contribution in [2.24, 2.45) is 3.42 Å². The number of hydrogen-bond acceptors (Lipinski definition) is 4. The summed E-state index contributed by atoms with van der Waals surface area (Å²) in [6, 6.07) is 0. The van der Waals surface area contributed by atoms with Crippen LogP contribution in [0.5, 0.6) is 0 Å². The fraction of sp³-hybridized carbons (Fsp3) is 1.00. The zero-order chi connectivity index (χ0) is 15.8. The van der Waals surface area contributed by atoms with Crippen molar-refractivity contribution < 1.29 is 15.6 Å². The molecule has 20 heavy (non-hydrogen) atoms. The summed E-state index contributed by atoms with van der Waals surface area (Å²) < 4.78 is 4.11. The first-order valence-electron chi connectivity index (χ1n) is 7.06. The summed E-state index contributed by atoms with van der Waals surface area (Å²) in [5.74, 6) is 0. The maximum Gasteiger partial charge on any atom is 0.0107 e. The van der Waals surface area contributed by atoms with E-state index in [4.69, 9.17) is 18.6 Å². The number of halogens is 2. The maximum absolute atomic E-state index is 5.53.